The Balaban J connectivity index is 2.62. The van der Waals surface area contributed by atoms with E-state index < -0.39 is 21.6 Å². The standard InChI is InChI=1S/C5H7ClN4O4S/c6-3-8-4(10-5(11)9-3)7-1-2-15(12,13)14/h1-2H2,(H,12,13,14)(H2,7,8,9,10,11). The zero-order valence-corrected chi connectivity index (χ0v) is 8.84. The monoisotopic (exact) mass is 254 g/mol. The summed E-state index contributed by atoms with van der Waals surface area (Å²) in [6.07, 6.45) is 0. The molecule has 0 saturated carbocycles. The van der Waals surface area contributed by atoms with Crippen molar-refractivity contribution in [1.29, 1.82) is 0 Å². The molecule has 1 rings (SSSR count). The molecule has 8 nitrogen and oxygen atoms in total. The number of hydrogen-bond acceptors (Lipinski definition) is 6. The van der Waals surface area contributed by atoms with Gasteiger partial charge >= 0.3 is 5.69 Å². The number of aromatic amines is 1. The summed E-state index contributed by atoms with van der Waals surface area (Å²) in [5.74, 6) is -0.617. The van der Waals surface area contributed by atoms with E-state index >= 15 is 0 Å². The quantitative estimate of drug-likeness (QED) is 0.596. The molecule has 3 N–H and O–H groups in total. The summed E-state index contributed by atoms with van der Waals surface area (Å²) in [6.45, 7) is -0.126. The Morgan fingerprint density at radius 1 is 1.47 bits per heavy atom. The second-order valence-electron chi connectivity index (χ2n) is 2.48. The van der Waals surface area contributed by atoms with Gasteiger partial charge in [0.2, 0.25) is 11.2 Å². The van der Waals surface area contributed by atoms with E-state index in [9.17, 15) is 13.2 Å². The van der Waals surface area contributed by atoms with E-state index in [1.165, 1.54) is 0 Å². The van der Waals surface area contributed by atoms with E-state index in [1.54, 1.807) is 0 Å². The molecule has 0 saturated heterocycles. The smallest absolute Gasteiger partial charge is 0.350 e. The number of nitrogens with zero attached hydrogens (tertiary/aromatic N) is 2. The largest absolute Gasteiger partial charge is 0.353 e. The second kappa shape index (κ2) is 4.55. The Labute approximate surface area is 89.5 Å². The first-order chi connectivity index (χ1) is 6.87. The molecule has 0 spiro atoms. The van der Waals surface area contributed by atoms with Gasteiger partial charge in [-0.15, -0.1) is 0 Å². The van der Waals surface area contributed by atoms with Crippen LogP contribution < -0.4 is 11.0 Å². The third-order valence-electron chi connectivity index (χ3n) is 1.26. The summed E-state index contributed by atoms with van der Waals surface area (Å²) in [5, 5.41) is 2.25. The van der Waals surface area contributed by atoms with Crippen LogP contribution in [-0.2, 0) is 10.1 Å². The molecule has 0 atom stereocenters. The van der Waals surface area contributed by atoms with E-state index in [0.29, 0.717) is 0 Å². The minimum Gasteiger partial charge on any atom is -0.353 e. The van der Waals surface area contributed by atoms with Crippen LogP contribution in [0.25, 0.3) is 0 Å². The first-order valence-corrected chi connectivity index (χ1v) is 5.68. The van der Waals surface area contributed by atoms with Crippen molar-refractivity contribution < 1.29 is 13.0 Å². The Morgan fingerprint density at radius 3 is 2.67 bits per heavy atom. The van der Waals surface area contributed by atoms with Crippen molar-refractivity contribution in [1.82, 2.24) is 15.0 Å². The van der Waals surface area contributed by atoms with Crippen molar-refractivity contribution in [3.8, 4) is 0 Å². The van der Waals surface area contributed by atoms with Crippen LogP contribution in [0.2, 0.25) is 5.28 Å². The molecule has 1 heterocycles. The maximum Gasteiger partial charge on any atom is 0.350 e. The Hall–Kier alpha value is -1.19. The van der Waals surface area contributed by atoms with E-state index in [2.05, 4.69) is 20.3 Å². The van der Waals surface area contributed by atoms with Crippen LogP contribution in [0.3, 0.4) is 0 Å². The highest BCUT2D eigenvalue weighted by molar-refractivity contribution is 7.85. The Morgan fingerprint density at radius 2 is 2.13 bits per heavy atom. The van der Waals surface area contributed by atoms with Crippen molar-refractivity contribution in [2.75, 3.05) is 17.6 Å². The lowest BCUT2D eigenvalue weighted by Crippen LogP contribution is -2.20. The molecular formula is C5H7ClN4O4S. The van der Waals surface area contributed by atoms with Crippen molar-refractivity contribution in [3.05, 3.63) is 15.8 Å². The highest BCUT2D eigenvalue weighted by atomic mass is 35.5. The number of H-pyrrole nitrogens is 1. The van der Waals surface area contributed by atoms with E-state index in [0.717, 1.165) is 0 Å². The molecule has 1 aromatic rings. The third kappa shape index (κ3) is 4.72. The highest BCUT2D eigenvalue weighted by Crippen LogP contribution is 1.99. The summed E-state index contributed by atoms with van der Waals surface area (Å²) in [6, 6.07) is 0. The van der Waals surface area contributed by atoms with Crippen molar-refractivity contribution in [2.24, 2.45) is 0 Å². The van der Waals surface area contributed by atoms with Crippen LogP contribution in [0, 0.1) is 0 Å². The van der Waals surface area contributed by atoms with E-state index in [1.807, 2.05) is 0 Å². The maximum atomic E-state index is 10.8. The molecule has 0 aliphatic rings. The van der Waals surface area contributed by atoms with Gasteiger partial charge < -0.3 is 5.32 Å². The summed E-state index contributed by atoms with van der Waals surface area (Å²) >= 11 is 5.40. The molecule has 0 fully saturated rings. The molecule has 0 aliphatic carbocycles. The van der Waals surface area contributed by atoms with Gasteiger partial charge in [-0.3, -0.25) is 9.54 Å². The lowest BCUT2D eigenvalue weighted by molar-refractivity contribution is 0.484. The molecule has 0 amide bonds. The van der Waals surface area contributed by atoms with Gasteiger partial charge in [0.05, 0.1) is 5.75 Å². The Bertz CT molecular complexity index is 498. The first-order valence-electron chi connectivity index (χ1n) is 3.70. The zero-order valence-electron chi connectivity index (χ0n) is 7.27. The van der Waals surface area contributed by atoms with Gasteiger partial charge in [0.25, 0.3) is 10.1 Å². The number of hydrogen-bond donors (Lipinski definition) is 3. The Kier molecular flexibility index (Phi) is 3.61. The number of anilines is 1. The predicted octanol–water partition coefficient (Wildman–Crippen LogP) is -0.882. The van der Waals surface area contributed by atoms with Gasteiger partial charge in [-0.25, -0.2) is 4.79 Å². The van der Waals surface area contributed by atoms with Gasteiger partial charge in [-0.1, -0.05) is 0 Å². The molecule has 84 valence electrons. The predicted molar refractivity (Wildman–Crippen MR) is 52.6 cm³/mol. The van der Waals surface area contributed by atoms with E-state index in [4.69, 9.17) is 16.2 Å². The molecule has 0 unspecified atom stereocenters. The van der Waals surface area contributed by atoms with Gasteiger partial charge in [0.15, 0.2) is 0 Å². The molecule has 0 radical (unpaired) electrons. The van der Waals surface area contributed by atoms with Crippen LogP contribution in [-0.4, -0.2) is 40.2 Å². The van der Waals surface area contributed by atoms with Crippen LogP contribution >= 0.6 is 11.6 Å². The first kappa shape index (κ1) is 11.9. The molecule has 0 bridgehead atoms. The molecule has 15 heavy (non-hydrogen) atoms. The normalized spacial score (nSPS) is 11.3. The lowest BCUT2D eigenvalue weighted by atomic mass is 10.7. The van der Waals surface area contributed by atoms with Gasteiger partial charge in [-0.2, -0.15) is 18.4 Å². The number of aromatic nitrogens is 3. The fraction of sp³-hybridized carbons (Fsp3) is 0.400. The number of nitrogens with one attached hydrogen (secondary N) is 2. The maximum absolute atomic E-state index is 10.8. The SMILES string of the molecule is O=c1nc(NCCS(=O)(=O)O)nc(Cl)[nH]1. The van der Waals surface area contributed by atoms with E-state index in [-0.39, 0.29) is 17.8 Å². The van der Waals surface area contributed by atoms with Crippen LogP contribution in [0.4, 0.5) is 5.95 Å². The topological polar surface area (TPSA) is 125 Å². The second-order valence-corrected chi connectivity index (χ2v) is 4.41. The van der Waals surface area contributed by atoms with Crippen LogP contribution in [0.15, 0.2) is 4.79 Å². The van der Waals surface area contributed by atoms with Gasteiger partial charge in [-0.05, 0) is 11.6 Å². The lowest BCUT2D eigenvalue weighted by Gasteiger charge is -2.01. The van der Waals surface area contributed by atoms with Crippen molar-refractivity contribution in [2.45, 2.75) is 0 Å². The van der Waals surface area contributed by atoms with Gasteiger partial charge in [0.1, 0.15) is 0 Å². The fourth-order valence-electron chi connectivity index (χ4n) is 0.729. The fourth-order valence-corrected chi connectivity index (χ4v) is 1.25. The van der Waals surface area contributed by atoms with Crippen LogP contribution in [0.5, 0.6) is 0 Å². The minimum absolute atomic E-state index is 0.104. The third-order valence-corrected chi connectivity index (χ3v) is 2.16. The van der Waals surface area contributed by atoms with Gasteiger partial charge in [0, 0.05) is 6.54 Å². The summed E-state index contributed by atoms with van der Waals surface area (Å²) in [4.78, 5) is 19.8. The molecular weight excluding hydrogens is 248 g/mol. The highest BCUT2D eigenvalue weighted by Gasteiger charge is 2.05. The summed E-state index contributed by atoms with van der Waals surface area (Å²) in [5.41, 5.74) is -0.704. The average molecular weight is 255 g/mol. The molecule has 0 aromatic carbocycles. The minimum atomic E-state index is -4.05. The molecule has 0 aliphatic heterocycles. The number of rotatable bonds is 4. The molecule has 10 heteroatoms. The summed E-state index contributed by atoms with van der Waals surface area (Å²) in [7, 11) is -4.05. The van der Waals surface area contributed by atoms with Crippen molar-refractivity contribution >= 4 is 27.7 Å². The molecule has 1 aromatic heterocycles. The average Bonchev–Trinajstić information content (AvgIpc) is 1.99. The van der Waals surface area contributed by atoms with Crippen LogP contribution in [0.1, 0.15) is 0 Å². The zero-order chi connectivity index (χ0) is 11.5. The summed E-state index contributed by atoms with van der Waals surface area (Å²) < 4.78 is 29.1. The van der Waals surface area contributed by atoms with Crippen molar-refractivity contribution in [3.63, 3.8) is 0 Å². The number of halogens is 1.